The molecule has 5 heteroatoms. The number of fused-ring (bicyclic) bond motifs is 1. The molecule has 142 valence electrons. The van der Waals surface area contributed by atoms with Gasteiger partial charge in [0.2, 0.25) is 5.91 Å². The lowest BCUT2D eigenvalue weighted by Gasteiger charge is -2.39. The molecule has 0 spiro atoms. The summed E-state index contributed by atoms with van der Waals surface area (Å²) in [6, 6.07) is 8.47. The summed E-state index contributed by atoms with van der Waals surface area (Å²) in [5.74, 6) is 1.14. The van der Waals surface area contributed by atoms with Crippen LogP contribution in [-0.2, 0) is 4.79 Å². The third-order valence-corrected chi connectivity index (χ3v) is 5.86. The summed E-state index contributed by atoms with van der Waals surface area (Å²) in [6.07, 6.45) is 6.04. The Morgan fingerprint density at radius 1 is 1.30 bits per heavy atom. The first-order valence-electron chi connectivity index (χ1n) is 9.95. The third kappa shape index (κ3) is 3.74. The van der Waals surface area contributed by atoms with Crippen LogP contribution in [0.15, 0.2) is 35.5 Å². The van der Waals surface area contributed by atoms with Crippen LogP contribution in [0.2, 0.25) is 0 Å². The predicted octanol–water partition coefficient (Wildman–Crippen LogP) is 2.94. The summed E-state index contributed by atoms with van der Waals surface area (Å²) in [7, 11) is 1.78. The van der Waals surface area contributed by atoms with E-state index in [0.29, 0.717) is 18.4 Å². The first-order chi connectivity index (χ1) is 13.2. The molecule has 0 saturated carbocycles. The molecule has 0 aliphatic carbocycles. The van der Waals surface area contributed by atoms with E-state index in [1.807, 2.05) is 18.5 Å². The van der Waals surface area contributed by atoms with E-state index in [2.05, 4.69) is 44.9 Å². The second-order valence-electron chi connectivity index (χ2n) is 8.00. The molecule has 2 aromatic rings. The standard InChI is InChI=1S/C22H28N4O/c1-16-11-18(14-26(13-16)21(27)15-25-9-4-10-25)19-7-6-17(12-23-2)22-20(19)5-3-8-24-22/h3,5-8,12,16,18H,4,9-11,13-15H2,1-2H3/b23-12+/t16-,18+/m1/s1. The van der Waals surface area contributed by atoms with E-state index in [1.54, 1.807) is 7.05 Å². The fourth-order valence-electron chi connectivity index (χ4n) is 4.43. The highest BCUT2D eigenvalue weighted by atomic mass is 16.2. The second-order valence-corrected chi connectivity index (χ2v) is 8.00. The van der Waals surface area contributed by atoms with Gasteiger partial charge in [-0.2, -0.15) is 0 Å². The molecule has 2 atom stereocenters. The maximum absolute atomic E-state index is 12.8. The van der Waals surface area contributed by atoms with Gasteiger partial charge in [-0.15, -0.1) is 0 Å². The van der Waals surface area contributed by atoms with Gasteiger partial charge < -0.3 is 4.90 Å². The van der Waals surface area contributed by atoms with Gasteiger partial charge >= 0.3 is 0 Å². The van der Waals surface area contributed by atoms with Crippen LogP contribution in [0.25, 0.3) is 10.9 Å². The Kier molecular flexibility index (Phi) is 5.21. The molecule has 0 unspecified atom stereocenters. The van der Waals surface area contributed by atoms with Crippen molar-refractivity contribution in [3.63, 3.8) is 0 Å². The number of carbonyl (C=O) groups excluding carboxylic acids is 1. The lowest BCUT2D eigenvalue weighted by atomic mass is 9.83. The number of hydrogen-bond acceptors (Lipinski definition) is 4. The van der Waals surface area contributed by atoms with Crippen LogP contribution >= 0.6 is 0 Å². The number of likely N-dealkylation sites (tertiary alicyclic amines) is 2. The number of aromatic nitrogens is 1. The smallest absolute Gasteiger partial charge is 0.236 e. The Balaban J connectivity index is 1.62. The van der Waals surface area contributed by atoms with Gasteiger partial charge in [0.15, 0.2) is 0 Å². The molecule has 2 fully saturated rings. The van der Waals surface area contributed by atoms with Gasteiger partial charge in [0.1, 0.15) is 0 Å². The Hall–Kier alpha value is -2.27. The third-order valence-electron chi connectivity index (χ3n) is 5.86. The van der Waals surface area contributed by atoms with E-state index < -0.39 is 0 Å². The fourth-order valence-corrected chi connectivity index (χ4v) is 4.43. The van der Waals surface area contributed by atoms with Gasteiger partial charge in [-0.3, -0.25) is 19.7 Å². The van der Waals surface area contributed by atoms with Crippen LogP contribution in [0.5, 0.6) is 0 Å². The zero-order valence-corrected chi connectivity index (χ0v) is 16.3. The topological polar surface area (TPSA) is 48.8 Å². The first-order valence-corrected chi connectivity index (χ1v) is 9.95. The largest absolute Gasteiger partial charge is 0.341 e. The highest BCUT2D eigenvalue weighted by molar-refractivity contribution is 5.99. The molecule has 5 nitrogen and oxygen atoms in total. The normalized spacial score (nSPS) is 23.7. The SMILES string of the molecule is C/N=C/c1ccc([C@H]2C[C@@H](C)CN(C(=O)CN3CCC3)C2)c2cccnc12. The van der Waals surface area contributed by atoms with Crippen molar-refractivity contribution in [2.24, 2.45) is 10.9 Å². The first kappa shape index (κ1) is 18.1. The minimum absolute atomic E-state index is 0.281. The summed E-state index contributed by atoms with van der Waals surface area (Å²) in [4.78, 5) is 25.9. The maximum Gasteiger partial charge on any atom is 0.236 e. The Morgan fingerprint density at radius 3 is 2.89 bits per heavy atom. The average Bonchev–Trinajstić information content (AvgIpc) is 2.64. The minimum Gasteiger partial charge on any atom is -0.341 e. The van der Waals surface area contributed by atoms with Gasteiger partial charge in [-0.25, -0.2) is 0 Å². The molecular formula is C22H28N4O. The average molecular weight is 364 g/mol. The molecule has 2 aliphatic heterocycles. The zero-order chi connectivity index (χ0) is 18.8. The lowest BCUT2D eigenvalue weighted by molar-refractivity contribution is -0.135. The van der Waals surface area contributed by atoms with Crippen LogP contribution in [0.3, 0.4) is 0 Å². The minimum atomic E-state index is 0.281. The van der Waals surface area contributed by atoms with Crippen LogP contribution in [-0.4, -0.2) is 66.7 Å². The number of amides is 1. The highest BCUT2D eigenvalue weighted by Gasteiger charge is 2.31. The van der Waals surface area contributed by atoms with Crippen molar-refractivity contribution in [1.29, 1.82) is 0 Å². The van der Waals surface area contributed by atoms with Crippen molar-refractivity contribution < 1.29 is 4.79 Å². The Morgan fingerprint density at radius 2 is 2.15 bits per heavy atom. The molecule has 1 aromatic heterocycles. The van der Waals surface area contributed by atoms with Crippen molar-refractivity contribution >= 4 is 23.0 Å². The van der Waals surface area contributed by atoms with Gasteiger partial charge in [-0.1, -0.05) is 25.1 Å². The van der Waals surface area contributed by atoms with Crippen molar-refractivity contribution in [3.05, 3.63) is 41.6 Å². The van der Waals surface area contributed by atoms with Crippen LogP contribution in [0.1, 0.15) is 36.8 Å². The molecule has 1 amide bonds. The molecule has 0 radical (unpaired) electrons. The number of piperidine rings is 1. The van der Waals surface area contributed by atoms with E-state index in [1.165, 1.54) is 17.4 Å². The van der Waals surface area contributed by atoms with Crippen molar-refractivity contribution in [2.45, 2.75) is 25.7 Å². The number of carbonyl (C=O) groups is 1. The zero-order valence-electron chi connectivity index (χ0n) is 16.3. The highest BCUT2D eigenvalue weighted by Crippen LogP contribution is 2.34. The summed E-state index contributed by atoms with van der Waals surface area (Å²) >= 11 is 0. The number of pyridine rings is 1. The summed E-state index contributed by atoms with van der Waals surface area (Å²) in [6.45, 7) is 6.65. The van der Waals surface area contributed by atoms with Gasteiger partial charge in [-0.05, 0) is 43.5 Å². The van der Waals surface area contributed by atoms with Crippen LogP contribution in [0.4, 0.5) is 0 Å². The summed E-state index contributed by atoms with van der Waals surface area (Å²) in [5.41, 5.74) is 3.35. The number of nitrogens with zero attached hydrogens (tertiary/aromatic N) is 4. The van der Waals surface area contributed by atoms with E-state index in [-0.39, 0.29) is 5.91 Å². The molecule has 4 rings (SSSR count). The summed E-state index contributed by atoms with van der Waals surface area (Å²) < 4.78 is 0. The predicted molar refractivity (Wildman–Crippen MR) is 109 cm³/mol. The molecule has 0 bridgehead atoms. The monoisotopic (exact) mass is 364 g/mol. The van der Waals surface area contributed by atoms with E-state index in [4.69, 9.17) is 0 Å². The van der Waals surface area contributed by atoms with Crippen LogP contribution < -0.4 is 0 Å². The van der Waals surface area contributed by atoms with E-state index >= 15 is 0 Å². The number of rotatable bonds is 4. The number of hydrogen-bond donors (Lipinski definition) is 0. The maximum atomic E-state index is 12.8. The molecule has 3 heterocycles. The molecule has 27 heavy (non-hydrogen) atoms. The summed E-state index contributed by atoms with van der Waals surface area (Å²) in [5, 5.41) is 1.18. The second kappa shape index (κ2) is 7.77. The number of aliphatic imine (C=N–C) groups is 1. The van der Waals surface area contributed by atoms with Crippen LogP contribution in [0, 0.1) is 5.92 Å². The lowest BCUT2D eigenvalue weighted by Crippen LogP contribution is -2.49. The molecule has 2 aliphatic rings. The number of benzene rings is 1. The van der Waals surface area contributed by atoms with Gasteiger partial charge in [0.25, 0.3) is 0 Å². The molecular weight excluding hydrogens is 336 g/mol. The van der Waals surface area contributed by atoms with E-state index in [9.17, 15) is 4.79 Å². The molecule has 0 N–H and O–H groups in total. The fraction of sp³-hybridized carbons (Fsp3) is 0.500. The quantitative estimate of drug-likeness (QED) is 0.784. The van der Waals surface area contributed by atoms with Crippen molar-refractivity contribution in [3.8, 4) is 0 Å². The Labute approximate surface area is 161 Å². The Bertz CT molecular complexity index is 859. The van der Waals surface area contributed by atoms with Gasteiger partial charge in [0.05, 0.1) is 12.1 Å². The molecule has 2 saturated heterocycles. The van der Waals surface area contributed by atoms with Crippen molar-refractivity contribution in [2.75, 3.05) is 39.8 Å². The molecule has 1 aromatic carbocycles. The van der Waals surface area contributed by atoms with E-state index in [0.717, 1.165) is 43.7 Å². The van der Waals surface area contributed by atoms with Crippen molar-refractivity contribution in [1.82, 2.24) is 14.8 Å². The van der Waals surface area contributed by atoms with Gasteiger partial charge in [0, 0.05) is 49.4 Å².